The lowest BCUT2D eigenvalue weighted by Crippen LogP contribution is -2.23. The van der Waals surface area contributed by atoms with E-state index in [0.29, 0.717) is 22.3 Å². The van der Waals surface area contributed by atoms with Crippen LogP contribution in [0.2, 0.25) is 0 Å². The quantitative estimate of drug-likeness (QED) is 0.934. The standard InChI is InChI=1S/C15H17NO4/c1-8(2)16-9(3)12(15(18)19)14(17)10-6-5-7-11(20-4)13(10)16/h5-8H,1-4H3,(H,18,19). The number of fused-ring (bicyclic) bond motifs is 1. The molecule has 1 N–H and O–H groups in total. The van der Waals surface area contributed by atoms with Gasteiger partial charge >= 0.3 is 5.97 Å². The zero-order valence-electron chi connectivity index (χ0n) is 11.9. The molecule has 1 aromatic carbocycles. The number of methoxy groups -OCH3 is 1. The van der Waals surface area contributed by atoms with Crippen LogP contribution < -0.4 is 10.2 Å². The number of hydrogen-bond donors (Lipinski definition) is 1. The highest BCUT2D eigenvalue weighted by atomic mass is 16.5. The smallest absolute Gasteiger partial charge is 0.341 e. The number of benzene rings is 1. The Morgan fingerprint density at radius 1 is 1.35 bits per heavy atom. The highest BCUT2D eigenvalue weighted by Gasteiger charge is 2.22. The van der Waals surface area contributed by atoms with Gasteiger partial charge in [0.15, 0.2) is 0 Å². The van der Waals surface area contributed by atoms with E-state index in [2.05, 4.69) is 0 Å². The maximum atomic E-state index is 12.4. The zero-order valence-corrected chi connectivity index (χ0v) is 11.9. The summed E-state index contributed by atoms with van der Waals surface area (Å²) in [6.07, 6.45) is 0. The Kier molecular flexibility index (Phi) is 3.53. The molecule has 0 spiro atoms. The van der Waals surface area contributed by atoms with Crippen molar-refractivity contribution in [3.63, 3.8) is 0 Å². The lowest BCUT2D eigenvalue weighted by atomic mass is 10.1. The number of aromatic carboxylic acids is 1. The van der Waals surface area contributed by atoms with Gasteiger partial charge in [-0.15, -0.1) is 0 Å². The summed E-state index contributed by atoms with van der Waals surface area (Å²) >= 11 is 0. The van der Waals surface area contributed by atoms with Gasteiger partial charge in [-0.2, -0.15) is 0 Å². The van der Waals surface area contributed by atoms with Gasteiger partial charge in [-0.05, 0) is 32.9 Å². The van der Waals surface area contributed by atoms with Crippen molar-refractivity contribution < 1.29 is 14.6 Å². The molecule has 0 saturated carbocycles. The van der Waals surface area contributed by atoms with Gasteiger partial charge in [-0.25, -0.2) is 4.79 Å². The molecule has 0 radical (unpaired) electrons. The molecule has 2 rings (SSSR count). The monoisotopic (exact) mass is 275 g/mol. The molecule has 1 aromatic heterocycles. The lowest BCUT2D eigenvalue weighted by molar-refractivity contribution is 0.0693. The molecule has 0 atom stereocenters. The van der Waals surface area contributed by atoms with Crippen LogP contribution in [0.4, 0.5) is 0 Å². The number of aromatic nitrogens is 1. The summed E-state index contributed by atoms with van der Waals surface area (Å²) < 4.78 is 7.15. The second-order valence-electron chi connectivity index (χ2n) is 4.91. The Balaban J connectivity index is 3.12. The number of ether oxygens (including phenoxy) is 1. The molecule has 0 saturated heterocycles. The largest absolute Gasteiger partial charge is 0.495 e. The van der Waals surface area contributed by atoms with Crippen molar-refractivity contribution in [1.82, 2.24) is 4.57 Å². The van der Waals surface area contributed by atoms with E-state index in [1.165, 1.54) is 7.11 Å². The first-order valence-corrected chi connectivity index (χ1v) is 6.35. The van der Waals surface area contributed by atoms with Gasteiger partial charge in [0.2, 0.25) is 5.43 Å². The number of carboxylic acids is 1. The molecule has 0 aliphatic carbocycles. The van der Waals surface area contributed by atoms with Gasteiger partial charge in [-0.1, -0.05) is 6.07 Å². The average Bonchev–Trinajstić information content (AvgIpc) is 2.37. The van der Waals surface area contributed by atoms with Gasteiger partial charge in [0.05, 0.1) is 18.0 Å². The highest BCUT2D eigenvalue weighted by molar-refractivity contribution is 5.95. The zero-order chi connectivity index (χ0) is 15.0. The number of rotatable bonds is 3. The van der Waals surface area contributed by atoms with E-state index in [1.54, 1.807) is 25.1 Å². The molecular formula is C15H17NO4. The first-order chi connectivity index (χ1) is 9.40. The fourth-order valence-corrected chi connectivity index (χ4v) is 2.60. The Morgan fingerprint density at radius 3 is 2.50 bits per heavy atom. The van der Waals surface area contributed by atoms with Gasteiger partial charge < -0.3 is 14.4 Å². The van der Waals surface area contributed by atoms with E-state index in [4.69, 9.17) is 4.74 Å². The van der Waals surface area contributed by atoms with E-state index >= 15 is 0 Å². The van der Waals surface area contributed by atoms with Crippen LogP contribution in [0.25, 0.3) is 10.9 Å². The Labute approximate surface area is 116 Å². The number of pyridine rings is 1. The first-order valence-electron chi connectivity index (χ1n) is 6.35. The minimum atomic E-state index is -1.20. The normalized spacial score (nSPS) is 11.1. The minimum Gasteiger partial charge on any atom is -0.495 e. The average molecular weight is 275 g/mol. The van der Waals surface area contributed by atoms with Gasteiger partial charge in [0.25, 0.3) is 0 Å². The Hall–Kier alpha value is -2.30. The van der Waals surface area contributed by atoms with Crippen molar-refractivity contribution in [2.75, 3.05) is 7.11 Å². The van der Waals surface area contributed by atoms with Crippen molar-refractivity contribution in [2.24, 2.45) is 0 Å². The molecule has 0 aliphatic rings. The molecule has 106 valence electrons. The van der Waals surface area contributed by atoms with Gasteiger partial charge in [-0.3, -0.25) is 4.79 Å². The predicted octanol–water partition coefficient (Wildman–Crippen LogP) is 2.60. The molecule has 0 bridgehead atoms. The third-order valence-electron chi connectivity index (χ3n) is 3.38. The molecule has 5 nitrogen and oxygen atoms in total. The molecule has 0 fully saturated rings. The number of para-hydroxylation sites is 1. The van der Waals surface area contributed by atoms with E-state index in [-0.39, 0.29) is 11.6 Å². The fraction of sp³-hybridized carbons (Fsp3) is 0.333. The third kappa shape index (κ3) is 1.95. The van der Waals surface area contributed by atoms with Crippen molar-refractivity contribution in [3.8, 4) is 5.75 Å². The fourth-order valence-electron chi connectivity index (χ4n) is 2.60. The topological polar surface area (TPSA) is 68.5 Å². The van der Waals surface area contributed by atoms with Crippen molar-refractivity contribution >= 4 is 16.9 Å². The maximum absolute atomic E-state index is 12.4. The Bertz CT molecular complexity index is 744. The van der Waals surface area contributed by atoms with E-state index in [1.807, 2.05) is 18.4 Å². The van der Waals surface area contributed by atoms with Crippen LogP contribution in [0.3, 0.4) is 0 Å². The van der Waals surface area contributed by atoms with Crippen LogP contribution in [0.5, 0.6) is 5.75 Å². The SMILES string of the molecule is COc1cccc2c(=O)c(C(=O)O)c(C)n(C(C)C)c12. The van der Waals surface area contributed by atoms with Crippen LogP contribution in [0.1, 0.15) is 35.9 Å². The minimum absolute atomic E-state index is 0.00694. The third-order valence-corrected chi connectivity index (χ3v) is 3.38. The highest BCUT2D eigenvalue weighted by Crippen LogP contribution is 2.28. The Morgan fingerprint density at radius 2 is 2.00 bits per heavy atom. The summed E-state index contributed by atoms with van der Waals surface area (Å²) in [5.41, 5.74) is 0.423. The molecular weight excluding hydrogens is 258 g/mol. The molecule has 0 unspecified atom stereocenters. The summed E-state index contributed by atoms with van der Waals surface area (Å²) in [6.45, 7) is 5.53. The summed E-state index contributed by atoms with van der Waals surface area (Å²) in [6, 6.07) is 5.09. The van der Waals surface area contributed by atoms with Crippen LogP contribution >= 0.6 is 0 Å². The summed E-state index contributed by atoms with van der Waals surface area (Å²) in [5, 5.41) is 9.66. The van der Waals surface area contributed by atoms with Crippen molar-refractivity contribution in [3.05, 3.63) is 39.7 Å². The summed E-state index contributed by atoms with van der Waals surface area (Å²) in [7, 11) is 1.53. The maximum Gasteiger partial charge on any atom is 0.341 e. The van der Waals surface area contributed by atoms with Crippen molar-refractivity contribution in [1.29, 1.82) is 0 Å². The second-order valence-corrected chi connectivity index (χ2v) is 4.91. The van der Waals surface area contributed by atoms with Crippen molar-refractivity contribution in [2.45, 2.75) is 26.8 Å². The van der Waals surface area contributed by atoms with Gasteiger partial charge in [0.1, 0.15) is 11.3 Å². The second kappa shape index (κ2) is 5.00. The molecule has 0 amide bonds. The molecule has 2 aromatic rings. The van der Waals surface area contributed by atoms with Crippen LogP contribution in [-0.2, 0) is 0 Å². The number of carbonyl (C=O) groups is 1. The van der Waals surface area contributed by atoms with Gasteiger partial charge in [0, 0.05) is 11.7 Å². The number of hydrogen-bond acceptors (Lipinski definition) is 3. The van der Waals surface area contributed by atoms with E-state index in [9.17, 15) is 14.7 Å². The molecule has 5 heteroatoms. The first kappa shape index (κ1) is 14.1. The molecule has 20 heavy (non-hydrogen) atoms. The van der Waals surface area contributed by atoms with E-state index in [0.717, 1.165) is 0 Å². The van der Waals surface area contributed by atoms with Crippen LogP contribution in [0, 0.1) is 6.92 Å². The summed E-state index contributed by atoms with van der Waals surface area (Å²) in [4.78, 5) is 23.8. The molecule has 1 heterocycles. The van der Waals surface area contributed by atoms with Crippen LogP contribution in [-0.4, -0.2) is 22.8 Å². The van der Waals surface area contributed by atoms with E-state index < -0.39 is 11.4 Å². The number of nitrogens with zero attached hydrogens (tertiary/aromatic N) is 1. The number of carboxylic acid groups (broad SMARTS) is 1. The lowest BCUT2D eigenvalue weighted by Gasteiger charge is -2.21. The van der Waals surface area contributed by atoms with Crippen LogP contribution in [0.15, 0.2) is 23.0 Å². The molecule has 0 aliphatic heterocycles. The predicted molar refractivity (Wildman–Crippen MR) is 76.8 cm³/mol. The summed E-state index contributed by atoms with van der Waals surface area (Å²) in [5.74, 6) is -0.639.